The molecule has 0 aliphatic rings. The summed E-state index contributed by atoms with van der Waals surface area (Å²) >= 11 is 0. The van der Waals surface area contributed by atoms with Crippen molar-refractivity contribution in [1.29, 1.82) is 0 Å². The van der Waals surface area contributed by atoms with Gasteiger partial charge < -0.3 is 13.9 Å². The number of rotatable bonds is 9. The van der Waals surface area contributed by atoms with Crippen LogP contribution < -0.4 is 4.90 Å². The molecule has 0 N–H and O–H groups in total. The predicted octanol–water partition coefficient (Wildman–Crippen LogP) is 18.5. The Labute approximate surface area is 401 Å². The third kappa shape index (κ3) is 7.25. The molecule has 2 heterocycles. The van der Waals surface area contributed by atoms with Crippen LogP contribution in [0.1, 0.15) is 0 Å². The molecule has 0 spiro atoms. The lowest BCUT2D eigenvalue weighted by Gasteiger charge is -2.26. The van der Waals surface area contributed by atoms with Crippen LogP contribution in [0.2, 0.25) is 0 Å². The predicted molar refractivity (Wildman–Crippen MR) is 290 cm³/mol. The molecule has 69 heavy (non-hydrogen) atoms. The molecule has 0 bridgehead atoms. The molecule has 13 rings (SSSR count). The summed E-state index contributed by atoms with van der Waals surface area (Å²) in [5, 5.41) is 4.70. The van der Waals surface area contributed by atoms with Gasteiger partial charge in [0.1, 0.15) is 11.2 Å². The van der Waals surface area contributed by atoms with Crippen LogP contribution in [0.3, 0.4) is 0 Å². The van der Waals surface area contributed by atoms with Gasteiger partial charge in [0, 0.05) is 49.9 Å². The van der Waals surface area contributed by atoms with Crippen molar-refractivity contribution >= 4 is 60.8 Å². The van der Waals surface area contributed by atoms with Crippen molar-refractivity contribution in [3.8, 4) is 61.3 Å². The van der Waals surface area contributed by atoms with Crippen LogP contribution >= 0.6 is 0 Å². The van der Waals surface area contributed by atoms with E-state index in [1.54, 1.807) is 0 Å². The largest absolute Gasteiger partial charge is 0.455 e. The first kappa shape index (κ1) is 40.1. The lowest BCUT2D eigenvalue weighted by Crippen LogP contribution is -2.09. The van der Waals surface area contributed by atoms with Gasteiger partial charge in [-0.05, 0) is 141 Å². The fourth-order valence-corrected chi connectivity index (χ4v) is 10.2. The van der Waals surface area contributed by atoms with Crippen molar-refractivity contribution in [3.05, 3.63) is 267 Å². The molecule has 3 nitrogen and oxygen atoms in total. The van der Waals surface area contributed by atoms with Gasteiger partial charge in [-0.25, -0.2) is 0 Å². The van der Waals surface area contributed by atoms with Crippen molar-refractivity contribution in [1.82, 2.24) is 4.57 Å². The molecule has 0 atom stereocenters. The Balaban J connectivity index is 0.894. The smallest absolute Gasteiger partial charge is 0.143 e. The topological polar surface area (TPSA) is 21.3 Å². The van der Waals surface area contributed by atoms with Crippen molar-refractivity contribution in [2.45, 2.75) is 0 Å². The van der Waals surface area contributed by atoms with E-state index in [4.69, 9.17) is 4.42 Å². The average Bonchev–Trinajstić information content (AvgIpc) is 3.98. The Morgan fingerprint density at radius 2 is 0.768 bits per heavy atom. The van der Waals surface area contributed by atoms with E-state index in [1.165, 1.54) is 32.9 Å². The second-order valence-electron chi connectivity index (χ2n) is 17.7. The van der Waals surface area contributed by atoms with Crippen molar-refractivity contribution in [3.63, 3.8) is 0 Å². The first-order chi connectivity index (χ1) is 34.2. The van der Waals surface area contributed by atoms with E-state index >= 15 is 0 Å². The van der Waals surface area contributed by atoms with Gasteiger partial charge in [-0.2, -0.15) is 0 Å². The zero-order valence-corrected chi connectivity index (χ0v) is 37.7. The van der Waals surface area contributed by atoms with E-state index in [0.717, 1.165) is 89.2 Å². The molecule has 0 aliphatic carbocycles. The Morgan fingerprint density at radius 3 is 1.54 bits per heavy atom. The van der Waals surface area contributed by atoms with Gasteiger partial charge in [0.2, 0.25) is 0 Å². The van der Waals surface area contributed by atoms with Crippen molar-refractivity contribution in [2.75, 3.05) is 4.90 Å². The van der Waals surface area contributed by atoms with Gasteiger partial charge in [-0.3, -0.25) is 0 Å². The number of hydrogen-bond acceptors (Lipinski definition) is 2. The normalized spacial score (nSPS) is 11.5. The van der Waals surface area contributed by atoms with Crippen molar-refractivity contribution in [2.24, 2.45) is 0 Å². The van der Waals surface area contributed by atoms with Crippen LogP contribution in [0.15, 0.2) is 271 Å². The van der Waals surface area contributed by atoms with Gasteiger partial charge in [0.25, 0.3) is 0 Å². The maximum Gasteiger partial charge on any atom is 0.143 e. The monoisotopic (exact) mass is 880 g/mol. The molecule has 324 valence electrons. The molecular weight excluding hydrogens is 837 g/mol. The number of aromatic nitrogens is 1. The molecule has 0 fully saturated rings. The SMILES string of the molecule is c1ccc(-c2cccc(N(c3ccccc3)c3ccc(-c4ccc(-c5cc(-c6ccc7c(c6)c6ccccc6n7-c6ccccc6)cc(-c6cccc7c6oc6ccccc67)c5)cc4)cc3)c2)cc1. The number of hydrogen-bond donors (Lipinski definition) is 0. The molecular formula is C66H44N2O. The summed E-state index contributed by atoms with van der Waals surface area (Å²) in [5.74, 6) is 0. The first-order valence-corrected chi connectivity index (χ1v) is 23.6. The summed E-state index contributed by atoms with van der Waals surface area (Å²) in [5.41, 5.74) is 20.1. The highest BCUT2D eigenvalue weighted by Gasteiger charge is 2.18. The van der Waals surface area contributed by atoms with Crippen LogP contribution in [-0.2, 0) is 0 Å². The number of nitrogens with zero attached hydrogens (tertiary/aromatic N) is 2. The molecule has 0 aliphatic heterocycles. The first-order valence-electron chi connectivity index (χ1n) is 23.6. The molecule has 3 heteroatoms. The maximum absolute atomic E-state index is 6.64. The number of benzene rings is 11. The maximum atomic E-state index is 6.64. The number of fused-ring (bicyclic) bond motifs is 6. The fourth-order valence-electron chi connectivity index (χ4n) is 10.2. The summed E-state index contributed by atoms with van der Waals surface area (Å²) < 4.78 is 9.01. The van der Waals surface area contributed by atoms with Crippen LogP contribution in [0.25, 0.3) is 105 Å². The molecule has 0 saturated heterocycles. The molecule has 13 aromatic rings. The van der Waals surface area contributed by atoms with Gasteiger partial charge in [0.05, 0.1) is 11.0 Å². The van der Waals surface area contributed by atoms with Crippen LogP contribution in [-0.4, -0.2) is 4.57 Å². The Kier molecular flexibility index (Phi) is 9.84. The molecule has 0 saturated carbocycles. The van der Waals surface area contributed by atoms with E-state index in [2.05, 4.69) is 270 Å². The summed E-state index contributed by atoms with van der Waals surface area (Å²) in [7, 11) is 0. The van der Waals surface area contributed by atoms with Gasteiger partial charge in [0.15, 0.2) is 0 Å². The minimum atomic E-state index is 0.894. The second-order valence-corrected chi connectivity index (χ2v) is 17.7. The summed E-state index contributed by atoms with van der Waals surface area (Å²) in [6.45, 7) is 0. The van der Waals surface area contributed by atoms with Crippen LogP contribution in [0.4, 0.5) is 17.1 Å². The number of anilines is 3. The highest BCUT2D eigenvalue weighted by molar-refractivity contribution is 6.12. The van der Waals surface area contributed by atoms with E-state index < -0.39 is 0 Å². The number of para-hydroxylation sites is 5. The Morgan fingerprint density at radius 1 is 0.275 bits per heavy atom. The van der Waals surface area contributed by atoms with E-state index in [0.29, 0.717) is 0 Å². The van der Waals surface area contributed by atoms with Crippen LogP contribution in [0.5, 0.6) is 0 Å². The minimum Gasteiger partial charge on any atom is -0.455 e. The summed E-state index contributed by atoms with van der Waals surface area (Å²) in [6, 6.07) is 96.0. The molecule has 0 amide bonds. The van der Waals surface area contributed by atoms with Gasteiger partial charge in [-0.1, -0.05) is 176 Å². The van der Waals surface area contributed by atoms with Gasteiger partial charge >= 0.3 is 0 Å². The minimum absolute atomic E-state index is 0.894. The van der Waals surface area contributed by atoms with E-state index in [9.17, 15) is 0 Å². The van der Waals surface area contributed by atoms with Crippen molar-refractivity contribution < 1.29 is 4.42 Å². The zero-order chi connectivity index (χ0) is 45.7. The Hall–Kier alpha value is -9.18. The third-order valence-corrected chi connectivity index (χ3v) is 13.6. The molecule has 0 unspecified atom stereocenters. The quantitative estimate of drug-likeness (QED) is 0.144. The fraction of sp³-hybridized carbons (Fsp3) is 0. The standard InChI is InChI=1S/C66H44N2O/c1-4-16-45(17-5-1)49-18-14-23-57(43-49)67(54-19-6-2-7-20-54)56-37-34-47(35-38-56)46-30-32-48(33-31-46)51-40-52(42-53(41-51)58-26-15-27-61-60-25-11-13-29-65(60)69-66(58)61)50-36-39-64-62(44-50)59-24-10-12-28-63(59)68(64)55-21-8-3-9-22-55/h1-44H. The highest BCUT2D eigenvalue weighted by Crippen LogP contribution is 2.42. The number of furan rings is 1. The average molecular weight is 881 g/mol. The summed E-state index contributed by atoms with van der Waals surface area (Å²) in [6.07, 6.45) is 0. The molecule has 2 aromatic heterocycles. The second kappa shape index (κ2) is 16.9. The third-order valence-electron chi connectivity index (χ3n) is 13.6. The van der Waals surface area contributed by atoms with E-state index in [-0.39, 0.29) is 0 Å². The summed E-state index contributed by atoms with van der Waals surface area (Å²) in [4.78, 5) is 2.33. The van der Waals surface area contributed by atoms with E-state index in [1.807, 2.05) is 6.07 Å². The Bertz CT molecular complexity index is 3980. The lowest BCUT2D eigenvalue weighted by atomic mass is 9.91. The van der Waals surface area contributed by atoms with Gasteiger partial charge in [-0.15, -0.1) is 0 Å². The molecule has 0 radical (unpaired) electrons. The highest BCUT2D eigenvalue weighted by atomic mass is 16.3. The lowest BCUT2D eigenvalue weighted by molar-refractivity contribution is 0.670. The zero-order valence-electron chi connectivity index (χ0n) is 37.7. The molecule has 11 aromatic carbocycles. The van der Waals surface area contributed by atoms with Crippen LogP contribution in [0, 0.1) is 0 Å².